The molecule has 0 radical (unpaired) electrons. The van der Waals surface area contributed by atoms with Crippen LogP contribution in [0.3, 0.4) is 0 Å². The summed E-state index contributed by atoms with van der Waals surface area (Å²) < 4.78 is 18.4. The van der Waals surface area contributed by atoms with E-state index in [0.29, 0.717) is 11.4 Å². The summed E-state index contributed by atoms with van der Waals surface area (Å²) in [5.74, 6) is -0.528. The molecule has 1 aromatic heterocycles. The van der Waals surface area contributed by atoms with Gasteiger partial charge in [-0.2, -0.15) is 0 Å². The molecule has 0 bridgehead atoms. The van der Waals surface area contributed by atoms with Crippen LogP contribution in [0.15, 0.2) is 35.0 Å². The van der Waals surface area contributed by atoms with Crippen LogP contribution >= 0.6 is 0 Å². The van der Waals surface area contributed by atoms with Crippen LogP contribution in [0, 0.1) is 15.9 Å². The molecule has 1 aliphatic carbocycles. The van der Waals surface area contributed by atoms with Gasteiger partial charge in [0, 0.05) is 13.0 Å². The fourth-order valence-electron chi connectivity index (χ4n) is 3.09. The SMILES string of the molecule is CC(=O)N(c1ccc(F)cc1C1CC1)c1ccc([N+](=O)[O-])c2nonc12. The lowest BCUT2D eigenvalue weighted by Crippen LogP contribution is -2.24. The molecule has 1 saturated carbocycles. The molecule has 0 N–H and O–H groups in total. The van der Waals surface area contributed by atoms with Gasteiger partial charge in [0.25, 0.3) is 0 Å². The lowest BCUT2D eigenvalue weighted by molar-refractivity contribution is -0.383. The van der Waals surface area contributed by atoms with Gasteiger partial charge in [0.05, 0.1) is 16.3 Å². The molecule has 0 saturated heterocycles. The van der Waals surface area contributed by atoms with E-state index in [2.05, 4.69) is 14.9 Å². The van der Waals surface area contributed by atoms with Crippen LogP contribution in [0.4, 0.5) is 21.5 Å². The van der Waals surface area contributed by atoms with Crippen LogP contribution in [0.1, 0.15) is 31.2 Å². The molecule has 3 aromatic rings. The first-order valence-corrected chi connectivity index (χ1v) is 7.97. The van der Waals surface area contributed by atoms with Crippen LogP contribution in [-0.4, -0.2) is 21.1 Å². The van der Waals surface area contributed by atoms with Crippen molar-refractivity contribution in [3.05, 3.63) is 51.8 Å². The Morgan fingerprint density at radius 3 is 2.58 bits per heavy atom. The number of carbonyl (C=O) groups excluding carboxylic acids is 1. The fraction of sp³-hybridized carbons (Fsp3) is 0.235. The molecule has 2 aromatic carbocycles. The van der Waals surface area contributed by atoms with Gasteiger partial charge < -0.3 is 0 Å². The molecular weight excluding hydrogens is 343 g/mol. The summed E-state index contributed by atoms with van der Waals surface area (Å²) in [6.07, 6.45) is 1.84. The Bertz CT molecular complexity index is 1040. The van der Waals surface area contributed by atoms with Crippen molar-refractivity contribution in [3.8, 4) is 0 Å². The van der Waals surface area contributed by atoms with E-state index in [1.165, 1.54) is 42.2 Å². The zero-order chi connectivity index (χ0) is 18.4. The number of hydrogen-bond acceptors (Lipinski definition) is 6. The maximum atomic E-state index is 13.7. The number of nitrogens with zero attached hydrogens (tertiary/aromatic N) is 4. The van der Waals surface area contributed by atoms with Gasteiger partial charge in [-0.3, -0.25) is 19.8 Å². The van der Waals surface area contributed by atoms with Crippen molar-refractivity contribution in [1.82, 2.24) is 10.3 Å². The van der Waals surface area contributed by atoms with Crippen molar-refractivity contribution >= 4 is 34.0 Å². The summed E-state index contributed by atoms with van der Waals surface area (Å²) in [6, 6.07) is 6.91. The van der Waals surface area contributed by atoms with Crippen molar-refractivity contribution < 1.29 is 18.7 Å². The monoisotopic (exact) mass is 356 g/mol. The van der Waals surface area contributed by atoms with Gasteiger partial charge in [0.2, 0.25) is 11.4 Å². The van der Waals surface area contributed by atoms with Gasteiger partial charge in [-0.15, -0.1) is 0 Å². The molecule has 132 valence electrons. The highest BCUT2D eigenvalue weighted by molar-refractivity contribution is 6.07. The van der Waals surface area contributed by atoms with Crippen molar-refractivity contribution in [2.24, 2.45) is 0 Å². The summed E-state index contributed by atoms with van der Waals surface area (Å²) in [5, 5.41) is 18.5. The summed E-state index contributed by atoms with van der Waals surface area (Å²) in [7, 11) is 0. The number of fused-ring (bicyclic) bond motifs is 1. The molecule has 0 aliphatic heterocycles. The highest BCUT2D eigenvalue weighted by Crippen LogP contribution is 2.46. The normalized spacial score (nSPS) is 13.8. The first kappa shape index (κ1) is 16.1. The second kappa shape index (κ2) is 5.87. The molecular formula is C17H13FN4O4. The van der Waals surface area contributed by atoms with E-state index in [0.717, 1.165) is 18.4 Å². The molecule has 0 unspecified atom stereocenters. The minimum atomic E-state index is -0.595. The number of amides is 1. The Balaban J connectivity index is 1.94. The molecule has 1 fully saturated rings. The smallest absolute Gasteiger partial charge is 0.279 e. The predicted molar refractivity (Wildman–Crippen MR) is 89.7 cm³/mol. The predicted octanol–water partition coefficient (Wildman–Crippen LogP) is 3.83. The second-order valence-corrected chi connectivity index (χ2v) is 6.15. The van der Waals surface area contributed by atoms with Gasteiger partial charge in [0.1, 0.15) is 5.82 Å². The molecule has 26 heavy (non-hydrogen) atoms. The van der Waals surface area contributed by atoms with E-state index in [1.807, 2.05) is 0 Å². The van der Waals surface area contributed by atoms with Crippen LogP contribution in [0.25, 0.3) is 11.0 Å². The number of nitro benzene ring substituents is 1. The van der Waals surface area contributed by atoms with Crippen LogP contribution in [0.5, 0.6) is 0 Å². The second-order valence-electron chi connectivity index (χ2n) is 6.15. The number of aromatic nitrogens is 2. The molecule has 1 aliphatic rings. The molecule has 8 nitrogen and oxygen atoms in total. The maximum Gasteiger partial charge on any atom is 0.300 e. The first-order chi connectivity index (χ1) is 12.5. The summed E-state index contributed by atoms with van der Waals surface area (Å²) in [6.45, 7) is 1.36. The summed E-state index contributed by atoms with van der Waals surface area (Å²) in [4.78, 5) is 24.4. The average molecular weight is 356 g/mol. The van der Waals surface area contributed by atoms with Gasteiger partial charge in [-0.05, 0) is 58.9 Å². The number of nitro groups is 1. The lowest BCUT2D eigenvalue weighted by Gasteiger charge is -2.24. The molecule has 0 spiro atoms. The van der Waals surface area contributed by atoms with Crippen molar-refractivity contribution in [2.75, 3.05) is 4.90 Å². The third kappa shape index (κ3) is 2.57. The van der Waals surface area contributed by atoms with E-state index in [9.17, 15) is 19.3 Å². The van der Waals surface area contributed by atoms with Crippen molar-refractivity contribution in [2.45, 2.75) is 25.7 Å². The zero-order valence-electron chi connectivity index (χ0n) is 13.7. The molecule has 1 amide bonds. The summed E-state index contributed by atoms with van der Waals surface area (Å²) >= 11 is 0. The quantitative estimate of drug-likeness (QED) is 0.520. The number of benzene rings is 2. The highest BCUT2D eigenvalue weighted by atomic mass is 19.1. The number of rotatable bonds is 4. The average Bonchev–Trinajstić information content (AvgIpc) is 3.32. The Kier molecular flexibility index (Phi) is 3.64. The third-order valence-corrected chi connectivity index (χ3v) is 4.37. The van der Waals surface area contributed by atoms with E-state index in [4.69, 9.17) is 0 Å². The topological polar surface area (TPSA) is 102 Å². The number of anilines is 2. The molecule has 4 rings (SSSR count). The van der Waals surface area contributed by atoms with Gasteiger partial charge in [-0.25, -0.2) is 9.02 Å². The van der Waals surface area contributed by atoms with Crippen LogP contribution in [0.2, 0.25) is 0 Å². The summed E-state index contributed by atoms with van der Waals surface area (Å²) in [5.41, 5.74) is 1.33. The third-order valence-electron chi connectivity index (χ3n) is 4.37. The van der Waals surface area contributed by atoms with Crippen molar-refractivity contribution in [1.29, 1.82) is 0 Å². The maximum absolute atomic E-state index is 13.7. The van der Waals surface area contributed by atoms with E-state index >= 15 is 0 Å². The van der Waals surface area contributed by atoms with Crippen LogP contribution < -0.4 is 4.90 Å². The lowest BCUT2D eigenvalue weighted by atomic mass is 10.1. The largest absolute Gasteiger partial charge is 0.300 e. The Hall–Kier alpha value is -3.36. The zero-order valence-corrected chi connectivity index (χ0v) is 13.7. The Labute approximate surface area is 146 Å². The van der Waals surface area contributed by atoms with Gasteiger partial charge >= 0.3 is 5.69 Å². The first-order valence-electron chi connectivity index (χ1n) is 7.97. The van der Waals surface area contributed by atoms with Crippen LogP contribution in [-0.2, 0) is 4.79 Å². The van der Waals surface area contributed by atoms with Gasteiger partial charge in [-0.1, -0.05) is 0 Å². The number of carbonyl (C=O) groups is 1. The fourth-order valence-corrected chi connectivity index (χ4v) is 3.09. The standard InChI is InChI=1S/C17H13FN4O4/c1-9(23)21(13-5-4-11(18)8-12(13)10-2-3-10)14-6-7-15(22(24)25)17-16(14)19-26-20-17/h4-8,10H,2-3H2,1H3. The number of non-ortho nitro benzene ring substituents is 1. The van der Waals surface area contributed by atoms with Gasteiger partial charge in [0.15, 0.2) is 5.52 Å². The molecule has 0 atom stereocenters. The number of hydrogen-bond donors (Lipinski definition) is 0. The highest BCUT2D eigenvalue weighted by Gasteiger charge is 2.31. The Morgan fingerprint density at radius 1 is 1.23 bits per heavy atom. The van der Waals surface area contributed by atoms with E-state index in [-0.39, 0.29) is 34.4 Å². The minimum Gasteiger partial charge on any atom is -0.279 e. The van der Waals surface area contributed by atoms with E-state index < -0.39 is 4.92 Å². The number of halogens is 1. The van der Waals surface area contributed by atoms with Crippen molar-refractivity contribution in [3.63, 3.8) is 0 Å². The van der Waals surface area contributed by atoms with E-state index in [1.54, 1.807) is 0 Å². The molecule has 9 heteroatoms. The molecule has 1 heterocycles. The Morgan fingerprint density at radius 2 is 1.92 bits per heavy atom. The minimum absolute atomic E-state index is 0.0474.